The number of rotatable bonds is 3. The molecule has 0 aliphatic carbocycles. The van der Waals surface area contributed by atoms with Crippen LogP contribution in [0.1, 0.15) is 18.0 Å². The molecule has 1 unspecified atom stereocenters. The van der Waals surface area contributed by atoms with Crippen LogP contribution in [-0.2, 0) is 9.59 Å². The molecule has 2 aliphatic rings. The summed E-state index contributed by atoms with van der Waals surface area (Å²) in [6, 6.07) is 7.19. The van der Waals surface area contributed by atoms with E-state index < -0.39 is 18.2 Å². The van der Waals surface area contributed by atoms with Gasteiger partial charge in [0.15, 0.2) is 0 Å². The summed E-state index contributed by atoms with van der Waals surface area (Å²) < 4.78 is 0. The number of nitrogens with one attached hydrogen (secondary N) is 2. The molecule has 2 heterocycles. The van der Waals surface area contributed by atoms with Crippen LogP contribution in [0.2, 0.25) is 0 Å². The number of fused-ring (bicyclic) bond motifs is 1. The second-order valence-corrected chi connectivity index (χ2v) is 5.17. The molecule has 21 heavy (non-hydrogen) atoms. The zero-order valence-corrected chi connectivity index (χ0v) is 11.2. The first-order chi connectivity index (χ1) is 10.1. The molecule has 1 aromatic rings. The molecule has 3 atom stereocenters. The summed E-state index contributed by atoms with van der Waals surface area (Å²) in [6.45, 7) is 0.456. The van der Waals surface area contributed by atoms with E-state index in [9.17, 15) is 14.4 Å². The third-order valence-electron chi connectivity index (χ3n) is 3.92. The van der Waals surface area contributed by atoms with Crippen LogP contribution in [0.15, 0.2) is 30.3 Å². The topological polar surface area (TPSA) is 98.7 Å². The number of carbonyl (C=O) groups excluding carboxylic acids is 2. The van der Waals surface area contributed by atoms with Crippen molar-refractivity contribution >= 4 is 17.9 Å². The lowest BCUT2D eigenvalue weighted by molar-refractivity contribution is -0.145. The number of benzene rings is 1. The average Bonchev–Trinajstić information content (AvgIpc) is 2.81. The maximum absolute atomic E-state index is 12.6. The van der Waals surface area contributed by atoms with Gasteiger partial charge in [-0.1, -0.05) is 30.3 Å². The van der Waals surface area contributed by atoms with Crippen LogP contribution in [0.5, 0.6) is 0 Å². The van der Waals surface area contributed by atoms with Gasteiger partial charge in [0, 0.05) is 6.54 Å². The Balaban J connectivity index is 1.84. The molecule has 7 nitrogen and oxygen atoms in total. The number of amides is 3. The molecule has 0 saturated carbocycles. The van der Waals surface area contributed by atoms with E-state index >= 15 is 0 Å². The van der Waals surface area contributed by atoms with Crippen molar-refractivity contribution in [3.63, 3.8) is 0 Å². The van der Waals surface area contributed by atoms with Gasteiger partial charge in [-0.05, 0) is 12.0 Å². The lowest BCUT2D eigenvalue weighted by Crippen LogP contribution is -2.65. The minimum absolute atomic E-state index is 0.00250. The van der Waals surface area contributed by atoms with Gasteiger partial charge in [-0.3, -0.25) is 9.59 Å². The maximum Gasteiger partial charge on any atom is 0.405 e. The second kappa shape index (κ2) is 5.08. The van der Waals surface area contributed by atoms with E-state index in [1.807, 2.05) is 0 Å². The molecule has 1 aromatic carbocycles. The Morgan fingerprint density at radius 3 is 2.67 bits per heavy atom. The van der Waals surface area contributed by atoms with Gasteiger partial charge in [0.25, 0.3) is 5.91 Å². The maximum atomic E-state index is 12.6. The van der Waals surface area contributed by atoms with E-state index in [-0.39, 0.29) is 17.9 Å². The number of carboxylic acid groups (broad SMARTS) is 1. The first-order valence-electron chi connectivity index (χ1n) is 6.73. The number of hydrogen-bond acceptors (Lipinski definition) is 3. The lowest BCUT2D eigenvalue weighted by atomic mass is 9.99. The predicted molar refractivity (Wildman–Crippen MR) is 72.4 cm³/mol. The third-order valence-corrected chi connectivity index (χ3v) is 3.92. The fourth-order valence-corrected chi connectivity index (χ4v) is 2.91. The molecule has 0 aromatic heterocycles. The lowest BCUT2D eigenvalue weighted by Gasteiger charge is -2.36. The van der Waals surface area contributed by atoms with Gasteiger partial charge in [0.2, 0.25) is 5.91 Å². The average molecular weight is 289 g/mol. The van der Waals surface area contributed by atoms with Gasteiger partial charge in [0.05, 0.1) is 6.04 Å². The minimum atomic E-state index is -1.27. The molecule has 3 rings (SSSR count). The monoisotopic (exact) mass is 289 g/mol. The van der Waals surface area contributed by atoms with Crippen LogP contribution >= 0.6 is 0 Å². The van der Waals surface area contributed by atoms with Crippen LogP contribution in [0.25, 0.3) is 0 Å². The van der Waals surface area contributed by atoms with E-state index in [4.69, 9.17) is 5.11 Å². The summed E-state index contributed by atoms with van der Waals surface area (Å²) in [6.07, 6.45) is -0.567. The van der Waals surface area contributed by atoms with Crippen molar-refractivity contribution in [3.8, 4) is 0 Å². The second-order valence-electron chi connectivity index (χ2n) is 5.17. The van der Waals surface area contributed by atoms with Crippen LogP contribution in [-0.4, -0.2) is 46.5 Å². The third kappa shape index (κ3) is 2.31. The van der Waals surface area contributed by atoms with Gasteiger partial charge >= 0.3 is 6.09 Å². The summed E-state index contributed by atoms with van der Waals surface area (Å²) in [5, 5.41) is 13.9. The highest BCUT2D eigenvalue weighted by Crippen LogP contribution is 2.28. The molecule has 2 aliphatic heterocycles. The largest absolute Gasteiger partial charge is 0.465 e. The van der Waals surface area contributed by atoms with Crippen molar-refractivity contribution in [3.05, 3.63) is 35.9 Å². The van der Waals surface area contributed by atoms with Gasteiger partial charge in [0.1, 0.15) is 12.1 Å². The molecular formula is C14H15N3O4. The highest BCUT2D eigenvalue weighted by molar-refractivity contribution is 5.96. The van der Waals surface area contributed by atoms with Crippen molar-refractivity contribution in [1.82, 2.24) is 15.5 Å². The van der Waals surface area contributed by atoms with Gasteiger partial charge in [-0.25, -0.2) is 4.79 Å². The van der Waals surface area contributed by atoms with Crippen LogP contribution < -0.4 is 10.6 Å². The zero-order chi connectivity index (χ0) is 15.0. The molecule has 2 fully saturated rings. The van der Waals surface area contributed by atoms with Crippen molar-refractivity contribution in [2.24, 2.45) is 0 Å². The summed E-state index contributed by atoms with van der Waals surface area (Å²) in [4.78, 5) is 36.6. The van der Waals surface area contributed by atoms with Crippen molar-refractivity contribution in [2.45, 2.75) is 24.5 Å². The molecule has 7 heteroatoms. The number of β-lactam (4-membered cyclic amide) rings is 1. The normalized spacial score (nSPS) is 24.6. The van der Waals surface area contributed by atoms with E-state index in [1.54, 1.807) is 30.3 Å². The Kier molecular flexibility index (Phi) is 3.25. The van der Waals surface area contributed by atoms with E-state index in [0.717, 1.165) is 0 Å². The molecule has 110 valence electrons. The molecular weight excluding hydrogens is 274 g/mol. The van der Waals surface area contributed by atoms with Gasteiger partial charge in [-0.15, -0.1) is 0 Å². The number of nitrogens with zero attached hydrogens (tertiary/aromatic N) is 1. The first kappa shape index (κ1) is 13.4. The van der Waals surface area contributed by atoms with E-state index in [2.05, 4.69) is 10.6 Å². The van der Waals surface area contributed by atoms with Crippen molar-refractivity contribution < 1.29 is 19.5 Å². The van der Waals surface area contributed by atoms with Crippen LogP contribution in [0.4, 0.5) is 4.79 Å². The highest BCUT2D eigenvalue weighted by Gasteiger charge is 2.51. The fraction of sp³-hybridized carbons (Fsp3) is 0.357. The number of hydrogen-bond donors (Lipinski definition) is 3. The Morgan fingerprint density at radius 1 is 1.33 bits per heavy atom. The Hall–Kier alpha value is -2.57. The van der Waals surface area contributed by atoms with Gasteiger partial charge < -0.3 is 20.6 Å². The Morgan fingerprint density at radius 2 is 2.05 bits per heavy atom. The standard InChI is InChI=1S/C14H15N3O4/c18-12-11-9(15-12)6-7-17(11)13(19)10(16-14(20)21)8-4-2-1-3-5-8/h1-5,9-11,16H,6-7H2,(H,15,18)(H,20,21)/t9?,10-,11+/m1/s1. The molecule has 0 spiro atoms. The Bertz CT molecular complexity index is 589. The fourth-order valence-electron chi connectivity index (χ4n) is 2.91. The van der Waals surface area contributed by atoms with E-state index in [1.165, 1.54) is 4.90 Å². The summed E-state index contributed by atoms with van der Waals surface area (Å²) in [5.74, 6) is -0.557. The summed E-state index contributed by atoms with van der Waals surface area (Å²) in [7, 11) is 0. The van der Waals surface area contributed by atoms with Gasteiger partial charge in [-0.2, -0.15) is 0 Å². The molecule has 0 bridgehead atoms. The number of carbonyl (C=O) groups is 3. The number of likely N-dealkylation sites (tertiary alicyclic amines) is 1. The van der Waals surface area contributed by atoms with E-state index in [0.29, 0.717) is 18.5 Å². The molecule has 3 amide bonds. The highest BCUT2D eigenvalue weighted by atomic mass is 16.4. The quantitative estimate of drug-likeness (QED) is 0.687. The summed E-state index contributed by atoms with van der Waals surface area (Å²) >= 11 is 0. The minimum Gasteiger partial charge on any atom is -0.465 e. The zero-order valence-electron chi connectivity index (χ0n) is 11.2. The SMILES string of the molecule is O=C(O)N[C@@H](C(=O)N1CCC2NC(=O)[C@H]21)c1ccccc1. The van der Waals surface area contributed by atoms with Crippen LogP contribution in [0.3, 0.4) is 0 Å². The molecule has 0 radical (unpaired) electrons. The smallest absolute Gasteiger partial charge is 0.405 e. The predicted octanol–water partition coefficient (Wildman–Crippen LogP) is 0.0946. The van der Waals surface area contributed by atoms with Crippen molar-refractivity contribution in [1.29, 1.82) is 0 Å². The Labute approximate surface area is 120 Å². The van der Waals surface area contributed by atoms with Crippen molar-refractivity contribution in [2.75, 3.05) is 6.54 Å². The summed E-state index contributed by atoms with van der Waals surface area (Å²) in [5.41, 5.74) is 0.563. The molecule has 3 N–H and O–H groups in total. The first-order valence-corrected chi connectivity index (χ1v) is 6.73. The van der Waals surface area contributed by atoms with Crippen LogP contribution in [0, 0.1) is 0 Å². The molecule has 2 saturated heterocycles.